The lowest BCUT2D eigenvalue weighted by atomic mass is 10.1. The van der Waals surface area contributed by atoms with Crippen molar-refractivity contribution in [3.8, 4) is 0 Å². The molecule has 0 aliphatic rings. The molecule has 4 aromatic rings. The molecule has 0 heterocycles. The average molecular weight is 408 g/mol. The summed E-state index contributed by atoms with van der Waals surface area (Å²) in [5.74, 6) is 0. The molecule has 0 amide bonds. The van der Waals surface area contributed by atoms with Crippen LogP contribution in [-0.4, -0.2) is 12.6 Å². The second kappa shape index (κ2) is 9.08. The zero-order valence-corrected chi connectivity index (χ0v) is 18.3. The van der Waals surface area contributed by atoms with Crippen LogP contribution < -0.4 is 21.2 Å². The van der Waals surface area contributed by atoms with E-state index in [9.17, 15) is 0 Å². The van der Waals surface area contributed by atoms with E-state index in [1.165, 1.54) is 21.2 Å². The first-order valence-corrected chi connectivity index (χ1v) is 12.5. The molecule has 0 aromatic heterocycles. The van der Waals surface area contributed by atoms with E-state index in [-0.39, 0.29) is 0 Å². The van der Waals surface area contributed by atoms with Crippen molar-refractivity contribution in [2.75, 3.05) is 0 Å². The van der Waals surface area contributed by atoms with E-state index in [4.69, 9.17) is 7.85 Å². The molecule has 4 aromatic carbocycles. The SMILES string of the molecule is [B]C(C)(P(c1ccccc1)c1ccccc1)P(c1ccccc1)c1ccccc1. The molecule has 0 nitrogen and oxygen atoms in total. The van der Waals surface area contributed by atoms with Gasteiger partial charge in [-0.25, -0.2) is 0 Å². The quantitative estimate of drug-likeness (QED) is 0.308. The molecular weight excluding hydrogens is 385 g/mol. The monoisotopic (exact) mass is 408 g/mol. The molecule has 0 aliphatic heterocycles. The minimum Gasteiger partial charge on any atom is -0.0622 e. The smallest absolute Gasteiger partial charge is 0.0622 e. The van der Waals surface area contributed by atoms with E-state index in [1.807, 2.05) is 0 Å². The van der Waals surface area contributed by atoms with Crippen molar-refractivity contribution < 1.29 is 0 Å². The highest BCUT2D eigenvalue weighted by atomic mass is 31.2. The van der Waals surface area contributed by atoms with Crippen molar-refractivity contribution in [3.63, 3.8) is 0 Å². The Morgan fingerprint density at radius 1 is 0.448 bits per heavy atom. The lowest BCUT2D eigenvalue weighted by molar-refractivity contribution is 1.27. The molecule has 4 rings (SSSR count). The summed E-state index contributed by atoms with van der Waals surface area (Å²) in [6.07, 6.45) is 0. The minimum absolute atomic E-state index is 0.421. The Kier molecular flexibility index (Phi) is 6.29. The highest BCUT2D eigenvalue weighted by Crippen LogP contribution is 2.62. The lowest BCUT2D eigenvalue weighted by Crippen LogP contribution is -2.37. The molecule has 0 aliphatic carbocycles. The molecule has 3 heteroatoms. The van der Waals surface area contributed by atoms with Crippen molar-refractivity contribution in [1.82, 2.24) is 0 Å². The standard InChI is InChI=1S/C26H23BP2/c1-26(27,28(22-14-6-2-7-15-22)23-16-8-3-9-17-23)29(24-18-10-4-11-19-24)25-20-12-5-13-21-25/h2-21H,1H3. The third-order valence-electron chi connectivity index (χ3n) is 4.96. The predicted molar refractivity (Wildman–Crippen MR) is 132 cm³/mol. The fraction of sp³-hybridized carbons (Fsp3) is 0.0769. The van der Waals surface area contributed by atoms with Crippen molar-refractivity contribution in [3.05, 3.63) is 121 Å². The molecule has 2 radical (unpaired) electrons. The van der Waals surface area contributed by atoms with E-state index in [0.29, 0.717) is 0 Å². The zero-order chi connectivity index (χ0) is 20.1. The van der Waals surface area contributed by atoms with Crippen LogP contribution in [-0.2, 0) is 0 Å². The van der Waals surface area contributed by atoms with Gasteiger partial charge in [0.2, 0.25) is 0 Å². The van der Waals surface area contributed by atoms with Gasteiger partial charge in [-0.2, -0.15) is 0 Å². The summed E-state index contributed by atoms with van der Waals surface area (Å²) in [5.41, 5.74) is 0. The maximum absolute atomic E-state index is 7.39. The van der Waals surface area contributed by atoms with Gasteiger partial charge in [0.05, 0.1) is 7.85 Å². The Morgan fingerprint density at radius 2 is 0.655 bits per heavy atom. The van der Waals surface area contributed by atoms with Gasteiger partial charge >= 0.3 is 0 Å². The van der Waals surface area contributed by atoms with Gasteiger partial charge in [0.15, 0.2) is 0 Å². The topological polar surface area (TPSA) is 0 Å². The molecule has 0 atom stereocenters. The molecule has 0 unspecified atom stereocenters. The fourth-order valence-electron chi connectivity index (χ4n) is 3.75. The van der Waals surface area contributed by atoms with Crippen LogP contribution in [0.2, 0.25) is 0 Å². The number of hydrogen-bond donors (Lipinski definition) is 0. The van der Waals surface area contributed by atoms with Crippen LogP contribution in [0.3, 0.4) is 0 Å². The molecule has 0 saturated heterocycles. The molecule has 0 N–H and O–H groups in total. The van der Waals surface area contributed by atoms with Crippen LogP contribution in [0.4, 0.5) is 0 Å². The predicted octanol–water partition coefficient (Wildman–Crippen LogP) is 5.09. The second-order valence-electron chi connectivity index (χ2n) is 7.11. The van der Waals surface area contributed by atoms with E-state index in [2.05, 4.69) is 128 Å². The number of benzene rings is 4. The molecule has 0 spiro atoms. The summed E-state index contributed by atoms with van der Waals surface area (Å²) >= 11 is 0. The summed E-state index contributed by atoms with van der Waals surface area (Å²) in [5, 5.41) is 5.27. The zero-order valence-electron chi connectivity index (χ0n) is 16.5. The van der Waals surface area contributed by atoms with Gasteiger partial charge in [-0.15, -0.1) is 0 Å². The van der Waals surface area contributed by atoms with E-state index >= 15 is 0 Å². The van der Waals surface area contributed by atoms with Gasteiger partial charge in [0.25, 0.3) is 0 Å². The van der Waals surface area contributed by atoms with Crippen molar-refractivity contribution in [1.29, 1.82) is 0 Å². The van der Waals surface area contributed by atoms with Crippen LogP contribution in [0.15, 0.2) is 121 Å². The summed E-state index contributed by atoms with van der Waals surface area (Å²) in [7, 11) is 5.84. The van der Waals surface area contributed by atoms with Crippen LogP contribution >= 0.6 is 15.8 Å². The summed E-state index contributed by atoms with van der Waals surface area (Å²) in [6.45, 7) is 2.25. The third-order valence-corrected chi connectivity index (χ3v) is 11.2. The first kappa shape index (κ1) is 20.1. The molecule has 0 saturated carbocycles. The van der Waals surface area contributed by atoms with Crippen molar-refractivity contribution in [2.45, 2.75) is 11.7 Å². The minimum atomic E-state index is -0.774. The maximum Gasteiger partial charge on any atom is 0.0887 e. The Morgan fingerprint density at radius 3 is 0.862 bits per heavy atom. The highest BCUT2D eigenvalue weighted by Gasteiger charge is 2.39. The number of hydrogen-bond acceptors (Lipinski definition) is 0. The van der Waals surface area contributed by atoms with Gasteiger partial charge in [0, 0.05) is 0 Å². The van der Waals surface area contributed by atoms with Crippen molar-refractivity contribution in [2.24, 2.45) is 0 Å². The van der Waals surface area contributed by atoms with Gasteiger partial charge in [0.1, 0.15) is 0 Å². The summed E-state index contributed by atoms with van der Waals surface area (Å²) in [6, 6.07) is 43.1. The molecule has 140 valence electrons. The Labute approximate surface area is 177 Å². The molecule has 0 fully saturated rings. The highest BCUT2D eigenvalue weighted by molar-refractivity contribution is 7.92. The van der Waals surface area contributed by atoms with Gasteiger partial charge in [-0.1, -0.05) is 128 Å². The second-order valence-corrected chi connectivity index (χ2v) is 12.7. The largest absolute Gasteiger partial charge is 0.0887 e. The fourth-order valence-corrected chi connectivity index (χ4v) is 10.5. The van der Waals surface area contributed by atoms with Crippen LogP contribution in [0.5, 0.6) is 0 Å². The maximum atomic E-state index is 7.39. The van der Waals surface area contributed by atoms with Gasteiger partial charge in [-0.3, -0.25) is 0 Å². The normalized spacial score (nSPS) is 11.7. The van der Waals surface area contributed by atoms with Gasteiger partial charge in [-0.05, 0) is 41.9 Å². The third kappa shape index (κ3) is 4.38. The van der Waals surface area contributed by atoms with Crippen LogP contribution in [0, 0.1) is 0 Å². The van der Waals surface area contributed by atoms with E-state index < -0.39 is 20.6 Å². The van der Waals surface area contributed by atoms with Crippen LogP contribution in [0.1, 0.15) is 6.92 Å². The van der Waals surface area contributed by atoms with Crippen LogP contribution in [0.25, 0.3) is 0 Å². The van der Waals surface area contributed by atoms with Gasteiger partial charge < -0.3 is 0 Å². The molecule has 29 heavy (non-hydrogen) atoms. The van der Waals surface area contributed by atoms with Crippen molar-refractivity contribution >= 4 is 44.9 Å². The number of rotatable bonds is 6. The summed E-state index contributed by atoms with van der Waals surface area (Å²) in [4.78, 5) is -0.421. The van der Waals surface area contributed by atoms with E-state index in [0.717, 1.165) is 0 Å². The Hall–Kier alpha value is -2.20. The first-order valence-electron chi connectivity index (χ1n) is 9.77. The summed E-state index contributed by atoms with van der Waals surface area (Å²) < 4.78 is 0. The van der Waals surface area contributed by atoms with E-state index in [1.54, 1.807) is 0 Å². The average Bonchev–Trinajstić information content (AvgIpc) is 2.77. The molecule has 0 bridgehead atoms. The lowest BCUT2D eigenvalue weighted by Gasteiger charge is -2.43. The molecular formula is C26H23BP2. The Bertz CT molecular complexity index is 855. The Balaban J connectivity index is 1.91. The first-order chi connectivity index (χ1) is 14.2.